The van der Waals surface area contributed by atoms with E-state index in [-0.39, 0.29) is 10.7 Å². The molecule has 0 saturated heterocycles. The molecule has 1 heterocycles. The predicted octanol–water partition coefficient (Wildman–Crippen LogP) is 3.81. The van der Waals surface area contributed by atoms with Crippen LogP contribution in [-0.4, -0.2) is 13.4 Å². The zero-order chi connectivity index (χ0) is 18.6. The normalized spacial score (nSPS) is 10.8. The Morgan fingerprint density at radius 3 is 2.15 bits per heavy atom. The summed E-state index contributed by atoms with van der Waals surface area (Å²) in [6, 6.07) is 18.9. The Morgan fingerprint density at radius 1 is 0.923 bits per heavy atom. The van der Waals surface area contributed by atoms with E-state index >= 15 is 0 Å². The van der Waals surface area contributed by atoms with Gasteiger partial charge < -0.3 is 5.32 Å². The van der Waals surface area contributed by atoms with Crippen LogP contribution in [0, 0.1) is 18.3 Å². The van der Waals surface area contributed by atoms with Crippen molar-refractivity contribution in [1.29, 1.82) is 5.26 Å². The zero-order valence-corrected chi connectivity index (χ0v) is 14.8. The van der Waals surface area contributed by atoms with Gasteiger partial charge in [-0.3, -0.25) is 4.72 Å². The van der Waals surface area contributed by atoms with Gasteiger partial charge in [-0.15, -0.1) is 0 Å². The average Bonchev–Trinajstić information content (AvgIpc) is 2.64. The fraction of sp³-hybridized carbons (Fsp3) is 0.0526. The minimum Gasteiger partial charge on any atom is -0.354 e. The number of anilines is 3. The number of nitriles is 1. The molecule has 1 aromatic heterocycles. The fourth-order valence-corrected chi connectivity index (χ4v) is 3.25. The SMILES string of the molecule is Cc1ccc(S(=O)(=O)Nc2ccc(Nc3ccc(C#N)cc3)cn2)cc1. The van der Waals surface area contributed by atoms with Gasteiger partial charge in [-0.25, -0.2) is 13.4 Å². The van der Waals surface area contributed by atoms with Crippen molar-refractivity contribution >= 4 is 27.2 Å². The molecule has 26 heavy (non-hydrogen) atoms. The Balaban J connectivity index is 1.71. The molecular weight excluding hydrogens is 348 g/mol. The molecule has 0 saturated carbocycles. The van der Waals surface area contributed by atoms with E-state index in [1.54, 1.807) is 60.7 Å². The van der Waals surface area contributed by atoms with Crippen molar-refractivity contribution in [2.45, 2.75) is 11.8 Å². The molecule has 2 aromatic carbocycles. The Hall–Kier alpha value is -3.37. The minimum absolute atomic E-state index is 0.185. The maximum atomic E-state index is 12.4. The van der Waals surface area contributed by atoms with Gasteiger partial charge in [-0.1, -0.05) is 17.7 Å². The first kappa shape index (κ1) is 17.5. The monoisotopic (exact) mass is 364 g/mol. The summed E-state index contributed by atoms with van der Waals surface area (Å²) in [4.78, 5) is 4.32. The van der Waals surface area contributed by atoms with Crippen LogP contribution in [0.25, 0.3) is 0 Å². The van der Waals surface area contributed by atoms with Crippen LogP contribution in [0.1, 0.15) is 11.1 Å². The van der Waals surface area contributed by atoms with Crippen molar-refractivity contribution in [2.75, 3.05) is 10.0 Å². The summed E-state index contributed by atoms with van der Waals surface area (Å²) in [5, 5.41) is 11.9. The Labute approximate surface area is 152 Å². The smallest absolute Gasteiger partial charge is 0.263 e. The molecule has 0 bridgehead atoms. The number of aryl methyl sites for hydroxylation is 1. The summed E-state index contributed by atoms with van der Waals surface area (Å²) in [5.74, 6) is 0.232. The molecule has 130 valence electrons. The topological polar surface area (TPSA) is 94.9 Å². The zero-order valence-electron chi connectivity index (χ0n) is 14.0. The van der Waals surface area contributed by atoms with Crippen LogP contribution in [0.15, 0.2) is 71.8 Å². The highest BCUT2D eigenvalue weighted by molar-refractivity contribution is 7.92. The van der Waals surface area contributed by atoms with Gasteiger partial charge in [0.1, 0.15) is 5.82 Å². The fourth-order valence-electron chi connectivity index (χ4n) is 2.24. The first-order chi connectivity index (χ1) is 12.5. The molecule has 0 spiro atoms. The Bertz CT molecular complexity index is 1040. The highest BCUT2D eigenvalue weighted by Crippen LogP contribution is 2.19. The molecule has 0 aliphatic carbocycles. The number of nitrogens with one attached hydrogen (secondary N) is 2. The van der Waals surface area contributed by atoms with Crippen LogP contribution in [0.4, 0.5) is 17.2 Å². The highest BCUT2D eigenvalue weighted by atomic mass is 32.2. The van der Waals surface area contributed by atoms with Gasteiger partial charge in [0.05, 0.1) is 28.4 Å². The van der Waals surface area contributed by atoms with E-state index in [0.717, 1.165) is 11.3 Å². The van der Waals surface area contributed by atoms with Gasteiger partial charge >= 0.3 is 0 Å². The quantitative estimate of drug-likeness (QED) is 0.718. The van der Waals surface area contributed by atoms with Gasteiger partial charge in [0.15, 0.2) is 0 Å². The molecule has 0 fully saturated rings. The summed E-state index contributed by atoms with van der Waals surface area (Å²) in [7, 11) is -3.67. The lowest BCUT2D eigenvalue weighted by Gasteiger charge is -2.09. The van der Waals surface area contributed by atoms with E-state index in [4.69, 9.17) is 5.26 Å². The third-order valence-electron chi connectivity index (χ3n) is 3.64. The average molecular weight is 364 g/mol. The molecule has 7 heteroatoms. The molecule has 0 amide bonds. The lowest BCUT2D eigenvalue weighted by Crippen LogP contribution is -2.13. The molecule has 3 rings (SSSR count). The van der Waals surface area contributed by atoms with Crippen LogP contribution >= 0.6 is 0 Å². The number of aromatic nitrogens is 1. The van der Waals surface area contributed by atoms with Gasteiger partial charge in [-0.05, 0) is 55.5 Å². The molecule has 0 unspecified atom stereocenters. The highest BCUT2D eigenvalue weighted by Gasteiger charge is 2.14. The second kappa shape index (κ2) is 7.25. The lowest BCUT2D eigenvalue weighted by molar-refractivity contribution is 0.601. The van der Waals surface area contributed by atoms with Crippen molar-refractivity contribution in [1.82, 2.24) is 4.98 Å². The second-order valence-corrected chi connectivity index (χ2v) is 7.35. The molecular formula is C19H16N4O2S. The van der Waals surface area contributed by atoms with Gasteiger partial charge in [0, 0.05) is 5.69 Å². The van der Waals surface area contributed by atoms with E-state index in [2.05, 4.69) is 21.1 Å². The van der Waals surface area contributed by atoms with Crippen molar-refractivity contribution in [3.05, 3.63) is 78.0 Å². The third-order valence-corrected chi connectivity index (χ3v) is 5.01. The van der Waals surface area contributed by atoms with Crippen molar-refractivity contribution in [2.24, 2.45) is 0 Å². The van der Waals surface area contributed by atoms with Gasteiger partial charge in [-0.2, -0.15) is 5.26 Å². The number of nitrogens with zero attached hydrogens (tertiary/aromatic N) is 2. The summed E-state index contributed by atoms with van der Waals surface area (Å²) < 4.78 is 27.2. The van der Waals surface area contributed by atoms with E-state index < -0.39 is 10.0 Å². The number of hydrogen-bond acceptors (Lipinski definition) is 5. The van der Waals surface area contributed by atoms with Crippen LogP contribution in [0.5, 0.6) is 0 Å². The predicted molar refractivity (Wildman–Crippen MR) is 101 cm³/mol. The minimum atomic E-state index is -3.67. The van der Waals surface area contributed by atoms with E-state index in [1.807, 2.05) is 6.92 Å². The number of rotatable bonds is 5. The number of sulfonamides is 1. The third kappa shape index (κ3) is 4.18. The maximum Gasteiger partial charge on any atom is 0.263 e. The van der Waals surface area contributed by atoms with Gasteiger partial charge in [0.2, 0.25) is 0 Å². The largest absolute Gasteiger partial charge is 0.354 e. The maximum absolute atomic E-state index is 12.4. The first-order valence-corrected chi connectivity index (χ1v) is 9.27. The standard InChI is InChI=1S/C19H16N4O2S/c1-14-2-9-18(10-3-14)26(24,25)23-19-11-8-17(13-21-19)22-16-6-4-15(12-20)5-7-16/h2-11,13,22H,1H3,(H,21,23). The van der Waals surface area contributed by atoms with Crippen LogP contribution in [0.2, 0.25) is 0 Å². The van der Waals surface area contributed by atoms with Crippen LogP contribution < -0.4 is 10.0 Å². The van der Waals surface area contributed by atoms with Crippen LogP contribution in [-0.2, 0) is 10.0 Å². The molecule has 3 aromatic rings. The summed E-state index contributed by atoms with van der Waals surface area (Å²) in [5.41, 5.74) is 3.07. The van der Waals surface area contributed by atoms with Crippen molar-refractivity contribution in [3.63, 3.8) is 0 Å². The Kier molecular flexibility index (Phi) is 4.87. The second-order valence-electron chi connectivity index (χ2n) is 5.66. The number of benzene rings is 2. The molecule has 6 nitrogen and oxygen atoms in total. The summed E-state index contributed by atoms with van der Waals surface area (Å²) >= 11 is 0. The van der Waals surface area contributed by atoms with E-state index in [9.17, 15) is 8.42 Å². The van der Waals surface area contributed by atoms with E-state index in [0.29, 0.717) is 11.3 Å². The Morgan fingerprint density at radius 2 is 1.58 bits per heavy atom. The molecule has 0 atom stereocenters. The summed E-state index contributed by atoms with van der Waals surface area (Å²) in [6.45, 7) is 1.89. The molecule has 0 aliphatic heterocycles. The van der Waals surface area contributed by atoms with Crippen LogP contribution in [0.3, 0.4) is 0 Å². The van der Waals surface area contributed by atoms with E-state index in [1.165, 1.54) is 6.20 Å². The first-order valence-electron chi connectivity index (χ1n) is 7.79. The van der Waals surface area contributed by atoms with Crippen molar-refractivity contribution < 1.29 is 8.42 Å². The summed E-state index contributed by atoms with van der Waals surface area (Å²) in [6.07, 6.45) is 1.53. The van der Waals surface area contributed by atoms with Crippen molar-refractivity contribution in [3.8, 4) is 6.07 Å². The number of pyridine rings is 1. The molecule has 2 N–H and O–H groups in total. The number of hydrogen-bond donors (Lipinski definition) is 2. The molecule has 0 aliphatic rings. The van der Waals surface area contributed by atoms with Gasteiger partial charge in [0.25, 0.3) is 10.0 Å². The lowest BCUT2D eigenvalue weighted by atomic mass is 10.2. The molecule has 0 radical (unpaired) electrons.